The summed E-state index contributed by atoms with van der Waals surface area (Å²) in [6.45, 7) is 12.8. The molecule has 0 aromatic heterocycles. The first kappa shape index (κ1) is 14.0. The van der Waals surface area contributed by atoms with E-state index in [4.69, 9.17) is 0 Å². The van der Waals surface area contributed by atoms with E-state index >= 15 is 0 Å². The summed E-state index contributed by atoms with van der Waals surface area (Å²) in [7, 11) is 2.28. The summed E-state index contributed by atoms with van der Waals surface area (Å²) >= 11 is 0. The lowest BCUT2D eigenvalue weighted by Gasteiger charge is -2.37. The van der Waals surface area contributed by atoms with Gasteiger partial charge in [-0.15, -0.1) is 0 Å². The van der Waals surface area contributed by atoms with E-state index < -0.39 is 0 Å². The number of likely N-dealkylation sites (N-methyl/N-ethyl adjacent to an activating group) is 1. The van der Waals surface area contributed by atoms with Crippen LogP contribution in [0.4, 0.5) is 0 Å². The minimum atomic E-state index is 0.661. The van der Waals surface area contributed by atoms with Crippen molar-refractivity contribution in [1.82, 2.24) is 10.2 Å². The highest BCUT2D eigenvalue weighted by atomic mass is 15.2. The van der Waals surface area contributed by atoms with E-state index in [2.05, 4.69) is 51.9 Å². The molecule has 0 aromatic rings. The Morgan fingerprint density at radius 3 is 2.00 bits per heavy atom. The molecule has 96 valence electrons. The van der Waals surface area contributed by atoms with Crippen molar-refractivity contribution < 1.29 is 0 Å². The predicted molar refractivity (Wildman–Crippen MR) is 71.7 cm³/mol. The highest BCUT2D eigenvalue weighted by Gasteiger charge is 2.27. The third-order valence-electron chi connectivity index (χ3n) is 4.09. The van der Waals surface area contributed by atoms with E-state index in [0.29, 0.717) is 12.1 Å². The predicted octanol–water partition coefficient (Wildman–Crippen LogP) is 2.74. The number of hydrogen-bond acceptors (Lipinski definition) is 2. The maximum Gasteiger partial charge on any atom is 0.0243 e. The van der Waals surface area contributed by atoms with E-state index in [9.17, 15) is 0 Å². The molecule has 2 heteroatoms. The van der Waals surface area contributed by atoms with Gasteiger partial charge in [-0.1, -0.05) is 27.7 Å². The van der Waals surface area contributed by atoms with Gasteiger partial charge in [-0.25, -0.2) is 0 Å². The van der Waals surface area contributed by atoms with Gasteiger partial charge in [0.2, 0.25) is 0 Å². The molecule has 1 fully saturated rings. The van der Waals surface area contributed by atoms with Crippen molar-refractivity contribution in [2.24, 2.45) is 11.8 Å². The minimum absolute atomic E-state index is 0.661. The first-order chi connectivity index (χ1) is 7.43. The zero-order valence-corrected chi connectivity index (χ0v) is 12.0. The second-order valence-electron chi connectivity index (χ2n) is 6.14. The molecule has 1 rings (SSSR count). The lowest BCUT2D eigenvalue weighted by atomic mass is 9.97. The topological polar surface area (TPSA) is 15.3 Å². The Kier molecular flexibility index (Phi) is 5.26. The quantitative estimate of drug-likeness (QED) is 0.718. The van der Waals surface area contributed by atoms with Gasteiger partial charge in [0, 0.05) is 24.7 Å². The van der Waals surface area contributed by atoms with Crippen molar-refractivity contribution in [2.75, 3.05) is 13.6 Å². The summed E-state index contributed by atoms with van der Waals surface area (Å²) in [5.74, 6) is 1.45. The Hall–Kier alpha value is -0.0800. The van der Waals surface area contributed by atoms with Gasteiger partial charge in [0.1, 0.15) is 0 Å². The maximum atomic E-state index is 3.67. The standard InChI is InChI=1S/C14H30N2/c1-10(2)12(5)16(6)14(11(3)4)9-15-13-7-8-13/h10-15H,7-9H2,1-6H3. The van der Waals surface area contributed by atoms with Gasteiger partial charge in [0.15, 0.2) is 0 Å². The molecule has 2 atom stereocenters. The SMILES string of the molecule is CC(C)C(C)N(C)C(CNC1CC1)C(C)C. The average Bonchev–Trinajstić information content (AvgIpc) is 2.99. The van der Waals surface area contributed by atoms with Crippen LogP contribution in [0.1, 0.15) is 47.5 Å². The second-order valence-corrected chi connectivity index (χ2v) is 6.14. The van der Waals surface area contributed by atoms with Crippen molar-refractivity contribution >= 4 is 0 Å². The van der Waals surface area contributed by atoms with Crippen LogP contribution in [0.3, 0.4) is 0 Å². The van der Waals surface area contributed by atoms with Crippen molar-refractivity contribution in [3.63, 3.8) is 0 Å². The summed E-state index contributed by atoms with van der Waals surface area (Å²) in [5.41, 5.74) is 0. The Balaban J connectivity index is 2.45. The first-order valence-corrected chi connectivity index (χ1v) is 6.88. The third kappa shape index (κ3) is 4.06. The summed E-state index contributed by atoms with van der Waals surface area (Å²) in [6, 6.07) is 2.15. The normalized spacial score (nSPS) is 20.8. The highest BCUT2D eigenvalue weighted by Crippen LogP contribution is 2.21. The molecule has 0 radical (unpaired) electrons. The van der Waals surface area contributed by atoms with Gasteiger partial charge in [-0.3, -0.25) is 4.90 Å². The summed E-state index contributed by atoms with van der Waals surface area (Å²) in [4.78, 5) is 2.56. The smallest absolute Gasteiger partial charge is 0.0243 e. The van der Waals surface area contributed by atoms with E-state index in [-0.39, 0.29) is 0 Å². The molecule has 0 heterocycles. The first-order valence-electron chi connectivity index (χ1n) is 6.88. The Labute approximate surface area is 102 Å². The zero-order chi connectivity index (χ0) is 12.3. The summed E-state index contributed by atoms with van der Waals surface area (Å²) in [6.07, 6.45) is 2.77. The van der Waals surface area contributed by atoms with Crippen LogP contribution in [0.25, 0.3) is 0 Å². The molecule has 0 aromatic carbocycles. The lowest BCUT2D eigenvalue weighted by Crippen LogP contribution is -2.49. The van der Waals surface area contributed by atoms with Crippen LogP contribution in [-0.2, 0) is 0 Å². The fourth-order valence-corrected chi connectivity index (χ4v) is 2.20. The maximum absolute atomic E-state index is 3.67. The van der Waals surface area contributed by atoms with Gasteiger partial charge in [-0.05, 0) is 38.6 Å². The molecule has 0 amide bonds. The monoisotopic (exact) mass is 226 g/mol. The lowest BCUT2D eigenvalue weighted by molar-refractivity contribution is 0.114. The molecule has 0 aliphatic heterocycles. The number of hydrogen-bond donors (Lipinski definition) is 1. The summed E-state index contributed by atoms with van der Waals surface area (Å²) in [5, 5.41) is 3.67. The van der Waals surface area contributed by atoms with Crippen LogP contribution in [-0.4, -0.2) is 36.6 Å². The van der Waals surface area contributed by atoms with E-state index in [1.165, 1.54) is 12.8 Å². The largest absolute Gasteiger partial charge is 0.312 e. The van der Waals surface area contributed by atoms with Crippen LogP contribution in [0.2, 0.25) is 0 Å². The van der Waals surface area contributed by atoms with E-state index in [1.54, 1.807) is 0 Å². The number of nitrogens with one attached hydrogen (secondary N) is 1. The molecular weight excluding hydrogens is 196 g/mol. The van der Waals surface area contributed by atoms with Crippen molar-refractivity contribution in [1.29, 1.82) is 0 Å². The molecule has 0 bridgehead atoms. The van der Waals surface area contributed by atoms with E-state index in [1.807, 2.05) is 0 Å². The molecule has 2 nitrogen and oxygen atoms in total. The average molecular weight is 226 g/mol. The molecule has 16 heavy (non-hydrogen) atoms. The number of rotatable bonds is 7. The zero-order valence-electron chi connectivity index (χ0n) is 12.0. The van der Waals surface area contributed by atoms with Crippen LogP contribution in [0, 0.1) is 11.8 Å². The van der Waals surface area contributed by atoms with Crippen LogP contribution in [0.15, 0.2) is 0 Å². The molecule has 1 aliphatic rings. The Morgan fingerprint density at radius 1 is 1.06 bits per heavy atom. The fraction of sp³-hybridized carbons (Fsp3) is 1.00. The third-order valence-corrected chi connectivity index (χ3v) is 4.09. The van der Waals surface area contributed by atoms with Crippen LogP contribution >= 0.6 is 0 Å². The summed E-state index contributed by atoms with van der Waals surface area (Å²) < 4.78 is 0. The van der Waals surface area contributed by atoms with Crippen LogP contribution < -0.4 is 5.32 Å². The molecule has 2 unspecified atom stereocenters. The van der Waals surface area contributed by atoms with Crippen molar-refractivity contribution in [3.8, 4) is 0 Å². The Morgan fingerprint density at radius 2 is 1.62 bits per heavy atom. The molecule has 1 aliphatic carbocycles. The van der Waals surface area contributed by atoms with E-state index in [0.717, 1.165) is 24.4 Å². The van der Waals surface area contributed by atoms with Crippen molar-refractivity contribution in [3.05, 3.63) is 0 Å². The second kappa shape index (κ2) is 6.02. The molecule has 1 N–H and O–H groups in total. The van der Waals surface area contributed by atoms with Crippen LogP contribution in [0.5, 0.6) is 0 Å². The van der Waals surface area contributed by atoms with Gasteiger partial charge >= 0.3 is 0 Å². The molecular formula is C14H30N2. The van der Waals surface area contributed by atoms with Gasteiger partial charge in [0.05, 0.1) is 0 Å². The Bertz CT molecular complexity index is 197. The van der Waals surface area contributed by atoms with Gasteiger partial charge in [0.25, 0.3) is 0 Å². The molecule has 1 saturated carbocycles. The fourth-order valence-electron chi connectivity index (χ4n) is 2.20. The number of nitrogens with zero attached hydrogens (tertiary/aromatic N) is 1. The molecule has 0 saturated heterocycles. The van der Waals surface area contributed by atoms with Crippen molar-refractivity contribution in [2.45, 2.75) is 65.6 Å². The van der Waals surface area contributed by atoms with Gasteiger partial charge in [-0.2, -0.15) is 0 Å². The molecule has 0 spiro atoms. The highest BCUT2D eigenvalue weighted by molar-refractivity contribution is 4.86. The minimum Gasteiger partial charge on any atom is -0.312 e. The van der Waals surface area contributed by atoms with Gasteiger partial charge < -0.3 is 5.32 Å².